The van der Waals surface area contributed by atoms with Crippen molar-refractivity contribution in [1.82, 2.24) is 24.1 Å². The van der Waals surface area contributed by atoms with Crippen molar-refractivity contribution in [2.24, 2.45) is 0 Å². The number of nitrogens with zero attached hydrogens (tertiary/aromatic N) is 5. The molecule has 8 heteroatoms. The van der Waals surface area contributed by atoms with Crippen molar-refractivity contribution < 1.29 is 13.2 Å². The molecule has 0 fully saturated rings. The zero-order valence-corrected chi connectivity index (χ0v) is 37.0. The van der Waals surface area contributed by atoms with Crippen LogP contribution in [0, 0.1) is 13.8 Å². The minimum Gasteiger partial charge on any atom is -0.309 e. The fourth-order valence-electron chi connectivity index (χ4n) is 9.80. The molecule has 0 aliphatic carbocycles. The minimum absolute atomic E-state index is 0.0512. The number of halogens is 3. The molecule has 3 aromatic heterocycles. The number of alkyl halides is 3. The van der Waals surface area contributed by atoms with E-state index in [1.165, 1.54) is 0 Å². The lowest BCUT2D eigenvalue weighted by molar-refractivity contribution is -0.137. The average molecular weight is 888 g/mol. The predicted molar refractivity (Wildman–Crippen MR) is 270 cm³/mol. The second-order valence-corrected chi connectivity index (χ2v) is 17.3. The standard InChI is InChI=1S/C60H40F3N5/c1-37-15-13-21-41(31-37)43-27-29-52-48(33-43)46-23-9-11-25-50(46)67(52)54-35-45(59-65-57(39-17-5-3-6-18-39)64-58(66-59)40-19-7-4-8-20-40)36-55(56(54)60(61,62)63)68-51-26-12-10-24-47(51)49-34-44(28-30-53(49)68)42-22-14-16-38(2)32-42/h3-36H,1-2H3. The average Bonchev–Trinajstić information content (AvgIpc) is 3.88. The van der Waals surface area contributed by atoms with E-state index in [0.29, 0.717) is 39.3 Å². The Hall–Kier alpha value is -8.62. The zero-order valence-electron chi connectivity index (χ0n) is 37.0. The topological polar surface area (TPSA) is 48.5 Å². The molecule has 0 aliphatic rings. The van der Waals surface area contributed by atoms with E-state index in [9.17, 15) is 0 Å². The van der Waals surface area contributed by atoms with Crippen molar-refractivity contribution in [3.05, 3.63) is 223 Å². The van der Waals surface area contributed by atoms with Crippen LogP contribution in [0.2, 0.25) is 0 Å². The minimum atomic E-state index is -4.84. The summed E-state index contributed by atoms with van der Waals surface area (Å²) in [6, 6.07) is 66.3. The highest BCUT2D eigenvalue weighted by Crippen LogP contribution is 2.47. The van der Waals surface area contributed by atoms with Crippen molar-refractivity contribution in [2.45, 2.75) is 20.0 Å². The molecule has 0 amide bonds. The van der Waals surface area contributed by atoms with Crippen LogP contribution >= 0.6 is 0 Å². The van der Waals surface area contributed by atoms with Crippen LogP contribution in [-0.2, 0) is 6.18 Å². The molecule has 0 radical (unpaired) electrons. The fourth-order valence-corrected chi connectivity index (χ4v) is 9.80. The Bertz CT molecular complexity index is 3680. The van der Waals surface area contributed by atoms with Crippen LogP contribution in [0.3, 0.4) is 0 Å². The Kier molecular flexibility index (Phi) is 9.65. The van der Waals surface area contributed by atoms with E-state index >= 15 is 13.2 Å². The first-order valence-electron chi connectivity index (χ1n) is 22.5. The second kappa shape index (κ2) is 16.1. The van der Waals surface area contributed by atoms with E-state index in [1.54, 1.807) is 21.3 Å². The molecule has 5 nitrogen and oxygen atoms in total. The first-order valence-corrected chi connectivity index (χ1v) is 22.5. The molecule has 0 spiro atoms. The number of hydrogen-bond donors (Lipinski definition) is 0. The quantitative estimate of drug-likeness (QED) is 0.160. The molecule has 9 aromatic carbocycles. The molecular formula is C60H40F3N5. The van der Waals surface area contributed by atoms with Crippen LogP contribution in [0.25, 0.3) is 111 Å². The zero-order chi connectivity index (χ0) is 46.1. The number of aromatic nitrogens is 5. The monoisotopic (exact) mass is 887 g/mol. The van der Waals surface area contributed by atoms with Gasteiger partial charge in [-0.05, 0) is 84.6 Å². The van der Waals surface area contributed by atoms with Gasteiger partial charge in [0.15, 0.2) is 17.5 Å². The van der Waals surface area contributed by atoms with Crippen molar-refractivity contribution in [3.8, 4) is 67.8 Å². The van der Waals surface area contributed by atoms with E-state index in [4.69, 9.17) is 15.0 Å². The lowest BCUT2D eigenvalue weighted by atomic mass is 10.0. The molecule has 326 valence electrons. The highest BCUT2D eigenvalue weighted by Gasteiger charge is 2.40. The number of hydrogen-bond acceptors (Lipinski definition) is 3. The van der Waals surface area contributed by atoms with Gasteiger partial charge in [0.05, 0.1) is 33.4 Å². The third-order valence-electron chi connectivity index (χ3n) is 12.9. The van der Waals surface area contributed by atoms with Crippen LogP contribution in [0.15, 0.2) is 206 Å². The maximum Gasteiger partial charge on any atom is 0.420 e. The maximum atomic E-state index is 16.8. The van der Waals surface area contributed by atoms with Crippen LogP contribution in [0.4, 0.5) is 13.2 Å². The SMILES string of the molecule is Cc1cccc(-c2ccc3c(c2)c2ccccc2n3-c2cc(-c3nc(-c4ccccc4)nc(-c4ccccc4)n3)cc(-n3c4ccccc4c4cc(-c5cccc(C)c5)ccc43)c2C(F)(F)F)c1. The highest BCUT2D eigenvalue weighted by atomic mass is 19.4. The van der Waals surface area contributed by atoms with Gasteiger partial charge in [-0.1, -0.05) is 169 Å². The third-order valence-corrected chi connectivity index (χ3v) is 12.9. The number of para-hydroxylation sites is 2. The highest BCUT2D eigenvalue weighted by molar-refractivity contribution is 6.12. The van der Waals surface area contributed by atoms with Gasteiger partial charge in [-0.25, -0.2) is 15.0 Å². The van der Waals surface area contributed by atoms with Gasteiger partial charge in [0, 0.05) is 38.2 Å². The first-order chi connectivity index (χ1) is 33.2. The summed E-state index contributed by atoms with van der Waals surface area (Å²) in [7, 11) is 0. The van der Waals surface area contributed by atoms with Gasteiger partial charge in [0.25, 0.3) is 0 Å². The number of aryl methyl sites for hydroxylation is 2. The third kappa shape index (κ3) is 7.00. The van der Waals surface area contributed by atoms with E-state index in [1.807, 2.05) is 146 Å². The first kappa shape index (κ1) is 40.9. The molecule has 3 heterocycles. The molecule has 0 N–H and O–H groups in total. The van der Waals surface area contributed by atoms with Crippen LogP contribution in [0.5, 0.6) is 0 Å². The van der Waals surface area contributed by atoms with E-state index in [0.717, 1.165) is 66.1 Å². The molecule has 12 aromatic rings. The van der Waals surface area contributed by atoms with Gasteiger partial charge >= 0.3 is 6.18 Å². The number of fused-ring (bicyclic) bond motifs is 6. The summed E-state index contributed by atoms with van der Waals surface area (Å²) in [5, 5.41) is 3.32. The van der Waals surface area contributed by atoms with Crippen molar-refractivity contribution in [1.29, 1.82) is 0 Å². The van der Waals surface area contributed by atoms with E-state index in [2.05, 4.69) is 62.4 Å². The molecule has 0 atom stereocenters. The van der Waals surface area contributed by atoms with Crippen molar-refractivity contribution >= 4 is 43.6 Å². The fraction of sp³-hybridized carbons (Fsp3) is 0.0500. The van der Waals surface area contributed by atoms with Crippen molar-refractivity contribution in [3.63, 3.8) is 0 Å². The van der Waals surface area contributed by atoms with Gasteiger partial charge in [-0.2, -0.15) is 13.2 Å². The lowest BCUT2D eigenvalue weighted by Crippen LogP contribution is -2.16. The molecule has 0 aliphatic heterocycles. The van der Waals surface area contributed by atoms with E-state index in [-0.39, 0.29) is 17.2 Å². The Morgan fingerprint density at radius 2 is 0.691 bits per heavy atom. The summed E-state index contributed by atoms with van der Waals surface area (Å²) in [5.41, 5.74) is 9.75. The van der Waals surface area contributed by atoms with Crippen LogP contribution in [-0.4, -0.2) is 24.1 Å². The number of benzene rings is 9. The normalized spacial score (nSPS) is 11.9. The smallest absolute Gasteiger partial charge is 0.309 e. The lowest BCUT2D eigenvalue weighted by Gasteiger charge is -2.23. The van der Waals surface area contributed by atoms with Gasteiger partial charge in [-0.3, -0.25) is 0 Å². The molecule has 0 unspecified atom stereocenters. The molecule has 0 bridgehead atoms. The summed E-state index contributed by atoms with van der Waals surface area (Å²) >= 11 is 0. The molecular weight excluding hydrogens is 848 g/mol. The Balaban J connectivity index is 1.21. The van der Waals surface area contributed by atoms with Crippen molar-refractivity contribution in [2.75, 3.05) is 0 Å². The summed E-state index contributed by atoms with van der Waals surface area (Å²) < 4.78 is 53.9. The Morgan fingerprint density at radius 3 is 1.12 bits per heavy atom. The van der Waals surface area contributed by atoms with Gasteiger partial charge in [0.2, 0.25) is 0 Å². The summed E-state index contributed by atoms with van der Waals surface area (Å²) in [4.78, 5) is 15.1. The molecule has 0 saturated carbocycles. The van der Waals surface area contributed by atoms with Crippen LogP contribution in [0.1, 0.15) is 16.7 Å². The van der Waals surface area contributed by atoms with Gasteiger partial charge < -0.3 is 9.13 Å². The Morgan fingerprint density at radius 1 is 0.324 bits per heavy atom. The largest absolute Gasteiger partial charge is 0.420 e. The van der Waals surface area contributed by atoms with Gasteiger partial charge in [0.1, 0.15) is 5.56 Å². The summed E-state index contributed by atoms with van der Waals surface area (Å²) in [5.74, 6) is 1.04. The second-order valence-electron chi connectivity index (χ2n) is 17.3. The van der Waals surface area contributed by atoms with Gasteiger partial charge in [-0.15, -0.1) is 0 Å². The molecule has 68 heavy (non-hydrogen) atoms. The number of rotatable bonds is 7. The molecule has 12 rings (SSSR count). The Labute approximate surface area is 390 Å². The summed E-state index contributed by atoms with van der Waals surface area (Å²) in [6.45, 7) is 4.10. The summed E-state index contributed by atoms with van der Waals surface area (Å²) in [6.07, 6.45) is -4.84. The van der Waals surface area contributed by atoms with E-state index < -0.39 is 11.7 Å². The maximum absolute atomic E-state index is 16.8. The van der Waals surface area contributed by atoms with Crippen LogP contribution < -0.4 is 0 Å². The molecule has 0 saturated heterocycles. The predicted octanol–water partition coefficient (Wildman–Crippen LogP) is 16.0.